The lowest BCUT2D eigenvalue weighted by Gasteiger charge is -2.36. The van der Waals surface area contributed by atoms with Crippen molar-refractivity contribution in [1.29, 1.82) is 0 Å². The molecule has 0 spiro atoms. The number of fused-ring (bicyclic) bond motifs is 1. The fourth-order valence-electron chi connectivity index (χ4n) is 5.89. The number of amides is 5. The predicted molar refractivity (Wildman–Crippen MR) is 190 cm³/mol. The summed E-state index contributed by atoms with van der Waals surface area (Å²) >= 11 is 0. The number of likely N-dealkylation sites (tertiary alicyclic amines) is 1. The summed E-state index contributed by atoms with van der Waals surface area (Å²) in [5.74, 6) is -1.45. The van der Waals surface area contributed by atoms with Gasteiger partial charge in [0.1, 0.15) is 23.9 Å². The summed E-state index contributed by atoms with van der Waals surface area (Å²) in [6.45, 7) is 16.8. The van der Waals surface area contributed by atoms with Gasteiger partial charge in [-0.3, -0.25) is 19.2 Å². The van der Waals surface area contributed by atoms with Gasteiger partial charge in [0, 0.05) is 29.6 Å². The Kier molecular flexibility index (Phi) is 12.0. The van der Waals surface area contributed by atoms with E-state index in [1.165, 1.54) is 4.90 Å². The molecule has 1 aliphatic heterocycles. The number of nitrogens with one attached hydrogen (secondary N) is 4. The summed E-state index contributed by atoms with van der Waals surface area (Å²) in [6, 6.07) is 3.80. The molecular formula is C37H54N6O7. The highest BCUT2D eigenvalue weighted by atomic mass is 16.5. The summed E-state index contributed by atoms with van der Waals surface area (Å²) < 4.78 is 12.3. The van der Waals surface area contributed by atoms with Gasteiger partial charge in [-0.05, 0) is 88.9 Å². The fraction of sp³-hybridized carbons (Fsp3) is 0.622. The van der Waals surface area contributed by atoms with Gasteiger partial charge in [-0.1, -0.05) is 34.1 Å². The average molecular weight is 695 g/mol. The fourth-order valence-corrected chi connectivity index (χ4v) is 5.89. The Bertz CT molecular complexity index is 1580. The Morgan fingerprint density at radius 1 is 1.00 bits per heavy atom. The Labute approximate surface area is 295 Å². The number of ketones is 1. The quantitative estimate of drug-likeness (QED) is 0.228. The van der Waals surface area contributed by atoms with Crippen molar-refractivity contribution in [2.24, 2.45) is 5.41 Å². The van der Waals surface area contributed by atoms with Gasteiger partial charge < -0.3 is 35.6 Å². The zero-order valence-electron chi connectivity index (χ0n) is 30.8. The lowest BCUT2D eigenvalue weighted by molar-refractivity contribution is -0.144. The van der Waals surface area contributed by atoms with E-state index in [0.717, 1.165) is 23.6 Å². The van der Waals surface area contributed by atoms with Crippen LogP contribution in [0.15, 0.2) is 30.5 Å². The van der Waals surface area contributed by atoms with Crippen molar-refractivity contribution in [2.75, 3.05) is 6.54 Å². The first-order valence-electron chi connectivity index (χ1n) is 17.6. The van der Waals surface area contributed by atoms with Crippen LogP contribution in [0.25, 0.3) is 10.8 Å². The minimum absolute atomic E-state index is 0.000784. The van der Waals surface area contributed by atoms with Gasteiger partial charge in [-0.25, -0.2) is 9.78 Å². The van der Waals surface area contributed by atoms with Crippen molar-refractivity contribution in [3.63, 3.8) is 0 Å². The molecule has 13 heteroatoms. The van der Waals surface area contributed by atoms with Gasteiger partial charge in [-0.15, -0.1) is 0 Å². The SMILES string of the molecule is CCC[C@H](NC(=O)[C@@H]1C[C@@H](Oc2nccc3cc(OC(C)C)ccc23)CN1C(=O)[C@@H](NC(=O)NC(C)(C)C)C(C)(C)C)C(=O)C(=O)NC1CC1. The largest absolute Gasteiger partial charge is 0.491 e. The number of benzene rings is 1. The molecular weight excluding hydrogens is 640 g/mol. The molecule has 1 saturated carbocycles. The third-order valence-corrected chi connectivity index (χ3v) is 8.42. The van der Waals surface area contributed by atoms with Crippen LogP contribution in [0, 0.1) is 5.41 Å². The van der Waals surface area contributed by atoms with Crippen molar-refractivity contribution in [1.82, 2.24) is 31.2 Å². The molecule has 5 amide bonds. The van der Waals surface area contributed by atoms with Gasteiger partial charge in [0.15, 0.2) is 0 Å². The average Bonchev–Trinajstić information content (AvgIpc) is 3.72. The molecule has 1 saturated heterocycles. The highest BCUT2D eigenvalue weighted by Gasteiger charge is 2.47. The molecule has 4 rings (SSSR count). The van der Waals surface area contributed by atoms with Crippen LogP contribution in [0.4, 0.5) is 4.79 Å². The number of ether oxygens (including phenoxy) is 2. The number of Topliss-reactive ketones (excluding diaryl/α,β-unsaturated/α-hetero) is 1. The second-order valence-electron chi connectivity index (χ2n) is 15.8. The molecule has 50 heavy (non-hydrogen) atoms. The molecule has 0 bridgehead atoms. The standard InChI is InChI=1S/C37H54N6O7/c1-10-11-27(29(44)32(46)39-23-12-13-23)40-31(45)28-19-25(50-33-26-15-14-24(49-21(2)3)18-22(26)16-17-38-33)20-43(28)34(47)30(36(4,5)6)41-35(48)42-37(7,8)9/h14-18,21,23,25,27-28,30H,10-13,19-20H2,1-9H3,(H,39,46)(H,40,45)(H2,41,42,48)/t25-,27+,28+,30-/m1/s1. The molecule has 2 fully saturated rings. The number of pyridine rings is 1. The van der Waals surface area contributed by atoms with E-state index in [0.29, 0.717) is 18.1 Å². The van der Waals surface area contributed by atoms with E-state index >= 15 is 0 Å². The molecule has 13 nitrogen and oxygen atoms in total. The topological polar surface area (TPSA) is 168 Å². The van der Waals surface area contributed by atoms with Gasteiger partial charge in [0.2, 0.25) is 23.5 Å². The van der Waals surface area contributed by atoms with Crippen molar-refractivity contribution in [2.45, 2.75) is 136 Å². The number of urea groups is 1. The molecule has 0 radical (unpaired) electrons. The minimum Gasteiger partial charge on any atom is -0.491 e. The highest BCUT2D eigenvalue weighted by Crippen LogP contribution is 2.32. The first-order valence-corrected chi connectivity index (χ1v) is 17.6. The van der Waals surface area contributed by atoms with Crippen LogP contribution in [0.1, 0.15) is 94.4 Å². The number of hydrogen-bond acceptors (Lipinski definition) is 8. The maximum atomic E-state index is 14.4. The number of rotatable bonds is 13. The van der Waals surface area contributed by atoms with E-state index in [9.17, 15) is 24.0 Å². The van der Waals surface area contributed by atoms with Crippen LogP contribution in [-0.4, -0.2) is 87.9 Å². The molecule has 4 N–H and O–H groups in total. The Morgan fingerprint density at radius 2 is 1.70 bits per heavy atom. The van der Waals surface area contributed by atoms with E-state index in [1.807, 2.05) is 86.6 Å². The summed E-state index contributed by atoms with van der Waals surface area (Å²) in [4.78, 5) is 73.2. The van der Waals surface area contributed by atoms with Crippen molar-refractivity contribution in [3.05, 3.63) is 30.5 Å². The van der Waals surface area contributed by atoms with Crippen LogP contribution in [0.3, 0.4) is 0 Å². The number of carbonyl (C=O) groups is 5. The van der Waals surface area contributed by atoms with Crippen LogP contribution >= 0.6 is 0 Å². The smallest absolute Gasteiger partial charge is 0.315 e. The van der Waals surface area contributed by atoms with Crippen LogP contribution in [-0.2, 0) is 19.2 Å². The molecule has 2 aromatic rings. The molecule has 1 aliphatic carbocycles. The highest BCUT2D eigenvalue weighted by molar-refractivity contribution is 6.38. The number of carbonyl (C=O) groups excluding carboxylic acids is 5. The lowest BCUT2D eigenvalue weighted by Crippen LogP contribution is -2.61. The zero-order valence-corrected chi connectivity index (χ0v) is 30.8. The van der Waals surface area contributed by atoms with Crippen LogP contribution in [0.5, 0.6) is 11.6 Å². The summed E-state index contributed by atoms with van der Waals surface area (Å²) in [7, 11) is 0. The number of nitrogens with zero attached hydrogens (tertiary/aromatic N) is 2. The van der Waals surface area contributed by atoms with Gasteiger partial charge in [-0.2, -0.15) is 0 Å². The normalized spacial score (nSPS) is 19.0. The van der Waals surface area contributed by atoms with Crippen LogP contribution < -0.4 is 30.7 Å². The maximum absolute atomic E-state index is 14.4. The maximum Gasteiger partial charge on any atom is 0.315 e. The van der Waals surface area contributed by atoms with Gasteiger partial charge in [0.05, 0.1) is 18.7 Å². The minimum atomic E-state index is -1.06. The van der Waals surface area contributed by atoms with E-state index in [4.69, 9.17) is 9.47 Å². The first-order chi connectivity index (χ1) is 23.4. The third kappa shape index (κ3) is 10.3. The molecule has 4 atom stereocenters. The van der Waals surface area contributed by atoms with Gasteiger partial charge >= 0.3 is 6.03 Å². The molecule has 1 aromatic carbocycles. The molecule has 2 heterocycles. The number of hydrogen-bond donors (Lipinski definition) is 4. The van der Waals surface area contributed by atoms with Crippen LogP contribution in [0.2, 0.25) is 0 Å². The van der Waals surface area contributed by atoms with Crippen molar-refractivity contribution >= 4 is 40.3 Å². The Hall–Kier alpha value is -4.42. The summed E-state index contributed by atoms with van der Waals surface area (Å²) in [5.41, 5.74) is -1.29. The van der Waals surface area contributed by atoms with Crippen molar-refractivity contribution in [3.8, 4) is 11.6 Å². The predicted octanol–water partition coefficient (Wildman–Crippen LogP) is 4.02. The van der Waals surface area contributed by atoms with Gasteiger partial charge in [0.25, 0.3) is 5.91 Å². The second-order valence-corrected chi connectivity index (χ2v) is 15.8. The zero-order chi connectivity index (χ0) is 37.0. The molecule has 2 aliphatic rings. The second kappa shape index (κ2) is 15.6. The Morgan fingerprint density at radius 3 is 2.30 bits per heavy atom. The molecule has 1 aromatic heterocycles. The lowest BCUT2D eigenvalue weighted by atomic mass is 9.85. The summed E-state index contributed by atoms with van der Waals surface area (Å²) in [6.07, 6.45) is 3.50. The van der Waals surface area contributed by atoms with E-state index < -0.39 is 64.7 Å². The van der Waals surface area contributed by atoms with E-state index in [2.05, 4.69) is 26.3 Å². The summed E-state index contributed by atoms with van der Waals surface area (Å²) in [5, 5.41) is 12.7. The molecule has 0 unspecified atom stereocenters. The van der Waals surface area contributed by atoms with Crippen molar-refractivity contribution < 1.29 is 33.4 Å². The van der Waals surface area contributed by atoms with E-state index in [1.54, 1.807) is 6.20 Å². The Balaban J connectivity index is 1.63. The molecule has 274 valence electrons. The first kappa shape index (κ1) is 38.4. The number of aromatic nitrogens is 1. The van der Waals surface area contributed by atoms with E-state index in [-0.39, 0.29) is 31.5 Å². The monoisotopic (exact) mass is 694 g/mol. The third-order valence-electron chi connectivity index (χ3n) is 8.42.